The van der Waals surface area contributed by atoms with Crippen LogP contribution in [0.5, 0.6) is 0 Å². The Labute approximate surface area is 85.3 Å². The maximum atomic E-state index is 4.26. The van der Waals surface area contributed by atoms with Gasteiger partial charge in [0.1, 0.15) is 0 Å². The molecule has 0 saturated heterocycles. The molecular weight excluding hydrogens is 133 g/mol. The first-order valence-electron chi connectivity index (χ1n) is 0.309. The van der Waals surface area contributed by atoms with Gasteiger partial charge in [0.25, 0.3) is 0 Å². The molecule has 0 aromatic rings. The molecule has 0 atom stereocenters. The third-order valence-corrected chi connectivity index (χ3v) is 0. The van der Waals surface area contributed by atoms with E-state index in [1.54, 1.807) is 0 Å². The van der Waals surface area contributed by atoms with Gasteiger partial charge in [0.15, 0.2) is 0 Å². The van der Waals surface area contributed by atoms with Crippen molar-refractivity contribution in [1.29, 1.82) is 0 Å². The minimum atomic E-state index is 0. The van der Waals surface area contributed by atoms with Crippen molar-refractivity contribution in [3.8, 4) is 0 Å². The minimum absolute atomic E-state index is 0. The summed E-state index contributed by atoms with van der Waals surface area (Å²) in [4.78, 5) is 0. The number of halogens is 2. The molecular formula is H2Cl2Na2O. The Kier molecular flexibility index (Phi) is 50.1. The molecule has 0 bridgehead atoms. The van der Waals surface area contributed by atoms with Gasteiger partial charge >= 0.3 is 59.1 Å². The first-order valence-corrected chi connectivity index (χ1v) is 0.926. The van der Waals surface area contributed by atoms with Gasteiger partial charge in [-0.3, -0.25) is 0 Å². The van der Waals surface area contributed by atoms with Gasteiger partial charge in [0, 0.05) is 0 Å². The maximum absolute atomic E-state index is 4.26. The molecule has 0 aliphatic rings. The van der Waals surface area contributed by atoms with Crippen LogP contribution < -0.4 is 0 Å². The predicted octanol–water partition coefficient (Wildman–Crippen LogP) is 0.0136. The first kappa shape index (κ1) is 15.6. The zero-order chi connectivity index (χ0) is 2.71. The summed E-state index contributed by atoms with van der Waals surface area (Å²) in [7, 11) is 0. The van der Waals surface area contributed by atoms with Gasteiger partial charge in [-0.25, -0.2) is 0 Å². The summed E-state index contributed by atoms with van der Waals surface area (Å²) in [5, 5.41) is 0. The van der Waals surface area contributed by atoms with Gasteiger partial charge in [-0.2, -0.15) is 3.84 Å². The van der Waals surface area contributed by atoms with Crippen LogP contribution in [0.25, 0.3) is 0 Å². The Morgan fingerprint density at radius 3 is 1.00 bits per heavy atom. The van der Waals surface area contributed by atoms with Crippen molar-refractivity contribution in [1.82, 2.24) is 0 Å². The van der Waals surface area contributed by atoms with Gasteiger partial charge in [-0.1, -0.05) is 0 Å². The summed E-state index contributed by atoms with van der Waals surface area (Å²) >= 11 is 8.53. The molecule has 0 rings (SSSR count). The van der Waals surface area contributed by atoms with Crippen LogP contribution in [0, 0.1) is 0 Å². The topological polar surface area (TPSA) is 9.23 Å². The molecule has 0 fully saturated rings. The summed E-state index contributed by atoms with van der Waals surface area (Å²) in [6, 6.07) is 0. The van der Waals surface area contributed by atoms with Crippen LogP contribution in [0.2, 0.25) is 0 Å². The Morgan fingerprint density at radius 2 is 1.00 bits per heavy atom. The Bertz CT molecular complexity index is 7.61. The summed E-state index contributed by atoms with van der Waals surface area (Å²) in [6.45, 7) is 0. The summed E-state index contributed by atoms with van der Waals surface area (Å²) in [5.41, 5.74) is 0. The van der Waals surface area contributed by atoms with E-state index in [0.717, 1.165) is 0 Å². The molecule has 0 radical (unpaired) electrons. The monoisotopic (exact) mass is 134 g/mol. The fraction of sp³-hybridized carbons (Fsp3) is 0. The van der Waals surface area contributed by atoms with Crippen molar-refractivity contribution >= 4 is 82.8 Å². The summed E-state index contributed by atoms with van der Waals surface area (Å²) in [5.74, 6) is 0. The van der Waals surface area contributed by atoms with E-state index in [4.69, 9.17) is 0 Å². The molecule has 0 aliphatic carbocycles. The van der Waals surface area contributed by atoms with Gasteiger partial charge in [-0.15, -0.1) is 0 Å². The third kappa shape index (κ3) is 20.9. The van der Waals surface area contributed by atoms with E-state index in [-0.39, 0.29) is 59.1 Å². The zero-order valence-corrected chi connectivity index (χ0v) is 2.68. The molecule has 24 valence electrons. The standard InChI is InChI=1S/Cl2O.2Na.2H/c1-3-2;;;;. The van der Waals surface area contributed by atoms with Crippen molar-refractivity contribution in [3.63, 3.8) is 0 Å². The molecule has 0 aromatic carbocycles. The van der Waals surface area contributed by atoms with E-state index < -0.39 is 0 Å². The quantitative estimate of drug-likeness (QED) is 0.425. The fourth-order valence-corrected chi connectivity index (χ4v) is 0. The second-order valence-electron chi connectivity index (χ2n) is 0.0583. The van der Waals surface area contributed by atoms with Crippen molar-refractivity contribution in [2.75, 3.05) is 0 Å². The van der Waals surface area contributed by atoms with E-state index in [0.29, 0.717) is 0 Å². The molecule has 5 heavy (non-hydrogen) atoms. The Balaban J connectivity index is -0.0000000200. The van der Waals surface area contributed by atoms with Crippen LogP contribution in [0.15, 0.2) is 0 Å². The molecule has 0 spiro atoms. The molecule has 0 N–H and O–H groups in total. The Morgan fingerprint density at radius 1 is 1.00 bits per heavy atom. The van der Waals surface area contributed by atoms with Gasteiger partial charge in [-0.05, 0) is 0 Å². The van der Waals surface area contributed by atoms with Crippen LogP contribution in [-0.2, 0) is 3.84 Å². The van der Waals surface area contributed by atoms with Crippen LogP contribution >= 0.6 is 23.7 Å². The normalized spacial score (nSPS) is 3.60. The van der Waals surface area contributed by atoms with E-state index >= 15 is 0 Å². The predicted molar refractivity (Wildman–Crippen MR) is 27.1 cm³/mol. The molecule has 0 saturated carbocycles. The van der Waals surface area contributed by atoms with E-state index in [1.165, 1.54) is 0 Å². The molecule has 0 amide bonds. The summed E-state index contributed by atoms with van der Waals surface area (Å²) in [6.07, 6.45) is 0. The molecule has 0 aliphatic heterocycles. The van der Waals surface area contributed by atoms with Crippen molar-refractivity contribution in [2.24, 2.45) is 0 Å². The molecule has 0 aromatic heterocycles. The average molecular weight is 135 g/mol. The SMILES string of the molecule is ClOCl.[NaH].[NaH]. The second-order valence-corrected chi connectivity index (χ2v) is 0.525. The van der Waals surface area contributed by atoms with Crippen LogP contribution in [-0.4, -0.2) is 59.1 Å². The van der Waals surface area contributed by atoms with Crippen LogP contribution in [0.4, 0.5) is 0 Å². The van der Waals surface area contributed by atoms with Gasteiger partial charge in [0.2, 0.25) is 0 Å². The number of hydrogen-bond acceptors (Lipinski definition) is 1. The average Bonchev–Trinajstić information content (AvgIpc) is 0.918. The molecule has 0 unspecified atom stereocenters. The van der Waals surface area contributed by atoms with Gasteiger partial charge in [0.05, 0.1) is 23.7 Å². The third-order valence-electron chi connectivity index (χ3n) is 0. The van der Waals surface area contributed by atoms with E-state index in [9.17, 15) is 0 Å². The molecule has 0 heterocycles. The zero-order valence-electron chi connectivity index (χ0n) is 1.16. The van der Waals surface area contributed by atoms with Crippen molar-refractivity contribution < 1.29 is 3.84 Å². The fourth-order valence-electron chi connectivity index (χ4n) is 0. The van der Waals surface area contributed by atoms with Crippen LogP contribution in [0.1, 0.15) is 0 Å². The number of rotatable bonds is 0. The Hall–Kier alpha value is 2.54. The van der Waals surface area contributed by atoms with E-state index in [2.05, 4.69) is 27.6 Å². The number of hydrogen-bond donors (Lipinski definition) is 0. The van der Waals surface area contributed by atoms with Crippen molar-refractivity contribution in [2.45, 2.75) is 0 Å². The summed E-state index contributed by atoms with van der Waals surface area (Å²) < 4.78 is 3.19. The molecule has 1 nitrogen and oxygen atoms in total. The first-order chi connectivity index (χ1) is 1.41. The molecule has 5 heteroatoms. The van der Waals surface area contributed by atoms with Gasteiger partial charge < -0.3 is 0 Å². The van der Waals surface area contributed by atoms with Crippen molar-refractivity contribution in [3.05, 3.63) is 0 Å². The van der Waals surface area contributed by atoms with Crippen LogP contribution in [0.3, 0.4) is 0 Å². The van der Waals surface area contributed by atoms with E-state index in [1.807, 2.05) is 0 Å². The second kappa shape index (κ2) is 16.0.